The van der Waals surface area contributed by atoms with Gasteiger partial charge >= 0.3 is 5.97 Å². The summed E-state index contributed by atoms with van der Waals surface area (Å²) in [5.74, 6) is -3.53. The zero-order valence-electron chi connectivity index (χ0n) is 16.4. The Morgan fingerprint density at radius 2 is 1.90 bits per heavy atom. The summed E-state index contributed by atoms with van der Waals surface area (Å²) in [6.07, 6.45) is 0. The first-order valence-corrected chi connectivity index (χ1v) is 9.33. The Hall–Kier alpha value is -3.79. The van der Waals surface area contributed by atoms with Crippen LogP contribution in [0.25, 0.3) is 0 Å². The van der Waals surface area contributed by atoms with Crippen LogP contribution in [0.2, 0.25) is 5.02 Å². The van der Waals surface area contributed by atoms with Crippen LogP contribution in [0.5, 0.6) is 0 Å². The van der Waals surface area contributed by atoms with Gasteiger partial charge in [-0.3, -0.25) is 34.2 Å². The first-order valence-electron chi connectivity index (χ1n) is 8.96. The highest BCUT2D eigenvalue weighted by Gasteiger charge is 2.41. The molecule has 3 amide bonds. The monoisotopic (exact) mass is 445 g/mol. The van der Waals surface area contributed by atoms with E-state index >= 15 is 0 Å². The molecular weight excluding hydrogens is 430 g/mol. The molecule has 1 aliphatic heterocycles. The van der Waals surface area contributed by atoms with Crippen molar-refractivity contribution in [3.63, 3.8) is 0 Å². The fourth-order valence-corrected chi connectivity index (χ4v) is 3.55. The molecule has 0 atom stereocenters. The third-order valence-corrected chi connectivity index (χ3v) is 4.82. The molecule has 1 aliphatic rings. The summed E-state index contributed by atoms with van der Waals surface area (Å²) in [4.78, 5) is 59.9. The Balaban J connectivity index is 1.62. The van der Waals surface area contributed by atoms with Gasteiger partial charge in [-0.05, 0) is 37.1 Å². The van der Waals surface area contributed by atoms with E-state index < -0.39 is 47.5 Å². The van der Waals surface area contributed by atoms with Crippen LogP contribution in [0.1, 0.15) is 31.8 Å². The van der Waals surface area contributed by atoms with Crippen LogP contribution >= 0.6 is 11.6 Å². The molecule has 0 aromatic heterocycles. The van der Waals surface area contributed by atoms with Crippen LogP contribution in [0, 0.1) is 24.0 Å². The summed E-state index contributed by atoms with van der Waals surface area (Å²) < 4.78 is 4.84. The fourth-order valence-electron chi connectivity index (χ4n) is 3.18. The lowest BCUT2D eigenvalue weighted by molar-refractivity contribution is -0.385. The molecule has 0 saturated heterocycles. The quantitative estimate of drug-likeness (QED) is 0.312. The average Bonchev–Trinajstić information content (AvgIpc) is 2.94. The summed E-state index contributed by atoms with van der Waals surface area (Å²) in [5.41, 5.74) is 0.921. The molecular formula is C20H16ClN3O7. The van der Waals surface area contributed by atoms with Crippen molar-refractivity contribution >= 4 is 46.7 Å². The average molecular weight is 446 g/mol. The van der Waals surface area contributed by atoms with Crippen LogP contribution in [0.4, 0.5) is 11.4 Å². The van der Waals surface area contributed by atoms with Gasteiger partial charge in [0.15, 0.2) is 6.61 Å². The van der Waals surface area contributed by atoms with Gasteiger partial charge in [-0.1, -0.05) is 23.7 Å². The van der Waals surface area contributed by atoms with Gasteiger partial charge in [0.1, 0.15) is 12.1 Å². The standard InChI is InChI=1S/C20H16ClN3O7/c1-10-6-11(2)18(13(21)7-10)22-15(25)9-31-16(26)8-23-19(27)12-4-3-5-14(24(29)30)17(12)20(23)28/h3-7H,8-9H2,1-2H3,(H,22,25). The molecule has 1 heterocycles. The predicted octanol–water partition coefficient (Wildman–Crippen LogP) is 2.64. The number of fused-ring (bicyclic) bond motifs is 1. The molecule has 0 aliphatic carbocycles. The second-order valence-electron chi connectivity index (χ2n) is 6.80. The third-order valence-electron chi connectivity index (χ3n) is 4.52. The summed E-state index contributed by atoms with van der Waals surface area (Å²) in [7, 11) is 0. The van der Waals surface area contributed by atoms with Gasteiger partial charge < -0.3 is 10.1 Å². The summed E-state index contributed by atoms with van der Waals surface area (Å²) in [5, 5.41) is 14.0. The van der Waals surface area contributed by atoms with Crippen molar-refractivity contribution in [2.24, 2.45) is 0 Å². The van der Waals surface area contributed by atoms with E-state index in [1.54, 1.807) is 13.0 Å². The number of nitrogens with zero attached hydrogens (tertiary/aromatic N) is 2. The van der Waals surface area contributed by atoms with Gasteiger partial charge in [-0.15, -0.1) is 0 Å². The zero-order valence-corrected chi connectivity index (χ0v) is 17.2. The van der Waals surface area contributed by atoms with Crippen LogP contribution < -0.4 is 5.32 Å². The van der Waals surface area contributed by atoms with E-state index in [1.165, 1.54) is 12.1 Å². The molecule has 31 heavy (non-hydrogen) atoms. The molecule has 0 spiro atoms. The Morgan fingerprint density at radius 3 is 2.55 bits per heavy atom. The maximum Gasteiger partial charge on any atom is 0.326 e. The Labute approximate surface area is 180 Å². The van der Waals surface area contributed by atoms with E-state index in [9.17, 15) is 29.3 Å². The maximum absolute atomic E-state index is 12.4. The zero-order chi connectivity index (χ0) is 22.9. The lowest BCUT2D eigenvalue weighted by atomic mass is 10.1. The topological polar surface area (TPSA) is 136 Å². The largest absolute Gasteiger partial charge is 0.454 e. The summed E-state index contributed by atoms with van der Waals surface area (Å²) in [6, 6.07) is 7.10. The van der Waals surface area contributed by atoms with E-state index in [0.717, 1.165) is 17.2 Å². The number of hydrogen-bond acceptors (Lipinski definition) is 7. The van der Waals surface area contributed by atoms with Crippen molar-refractivity contribution in [3.8, 4) is 0 Å². The number of ether oxygens (including phenoxy) is 1. The lowest BCUT2D eigenvalue weighted by Crippen LogP contribution is -2.36. The number of imide groups is 1. The minimum absolute atomic E-state index is 0.172. The molecule has 0 unspecified atom stereocenters. The number of nitro benzene ring substituents is 1. The molecule has 0 bridgehead atoms. The molecule has 160 valence electrons. The van der Waals surface area contributed by atoms with E-state index in [-0.39, 0.29) is 11.1 Å². The Kier molecular flexibility index (Phi) is 6.02. The van der Waals surface area contributed by atoms with Gasteiger partial charge in [-0.25, -0.2) is 0 Å². The van der Waals surface area contributed by atoms with Crippen molar-refractivity contribution in [2.75, 3.05) is 18.5 Å². The van der Waals surface area contributed by atoms with Gasteiger partial charge in [0, 0.05) is 6.07 Å². The van der Waals surface area contributed by atoms with Crippen LogP contribution in [-0.2, 0) is 14.3 Å². The maximum atomic E-state index is 12.4. The molecule has 10 nitrogen and oxygen atoms in total. The Bertz CT molecular complexity index is 1120. The second kappa shape index (κ2) is 8.52. The number of esters is 1. The normalized spacial score (nSPS) is 12.5. The second-order valence-corrected chi connectivity index (χ2v) is 7.21. The Morgan fingerprint density at radius 1 is 1.19 bits per heavy atom. The van der Waals surface area contributed by atoms with Crippen molar-refractivity contribution in [2.45, 2.75) is 13.8 Å². The third kappa shape index (κ3) is 4.38. The minimum atomic E-state index is -1.03. The SMILES string of the molecule is Cc1cc(C)c(NC(=O)COC(=O)CN2C(=O)c3cccc([N+](=O)[O-])c3C2=O)c(Cl)c1. The lowest BCUT2D eigenvalue weighted by Gasteiger charge is -2.14. The number of carbonyl (C=O) groups excluding carboxylic acids is 4. The van der Waals surface area contributed by atoms with E-state index in [4.69, 9.17) is 16.3 Å². The molecule has 2 aromatic carbocycles. The smallest absolute Gasteiger partial charge is 0.326 e. The first kappa shape index (κ1) is 21.9. The van der Waals surface area contributed by atoms with Gasteiger partial charge in [0.25, 0.3) is 23.4 Å². The van der Waals surface area contributed by atoms with Crippen LogP contribution in [0.3, 0.4) is 0 Å². The molecule has 3 rings (SSSR count). The molecule has 2 aromatic rings. The number of hydrogen-bond donors (Lipinski definition) is 1. The highest BCUT2D eigenvalue weighted by atomic mass is 35.5. The van der Waals surface area contributed by atoms with Gasteiger partial charge in [0.05, 0.1) is 21.2 Å². The molecule has 11 heteroatoms. The number of anilines is 1. The van der Waals surface area contributed by atoms with Gasteiger partial charge in [-0.2, -0.15) is 0 Å². The number of rotatable bonds is 6. The number of nitro groups is 1. The first-order chi connectivity index (χ1) is 14.6. The van der Waals surface area contributed by atoms with Crippen molar-refractivity contribution < 1.29 is 28.8 Å². The number of amides is 3. The molecule has 0 radical (unpaired) electrons. The van der Waals surface area contributed by atoms with Crippen LogP contribution in [-0.4, -0.2) is 46.7 Å². The number of benzene rings is 2. The van der Waals surface area contributed by atoms with Gasteiger partial charge in [0.2, 0.25) is 0 Å². The molecule has 1 N–H and O–H groups in total. The molecule has 0 saturated carbocycles. The predicted molar refractivity (Wildman–Crippen MR) is 109 cm³/mol. The number of carbonyl (C=O) groups is 4. The van der Waals surface area contributed by atoms with Crippen molar-refractivity contribution in [1.82, 2.24) is 4.90 Å². The minimum Gasteiger partial charge on any atom is -0.454 e. The fraction of sp³-hybridized carbons (Fsp3) is 0.200. The van der Waals surface area contributed by atoms with Crippen molar-refractivity contribution in [1.29, 1.82) is 0 Å². The highest BCUT2D eigenvalue weighted by Crippen LogP contribution is 2.30. The van der Waals surface area contributed by atoms with E-state index in [0.29, 0.717) is 15.6 Å². The highest BCUT2D eigenvalue weighted by molar-refractivity contribution is 6.34. The van der Waals surface area contributed by atoms with E-state index in [1.807, 2.05) is 13.0 Å². The van der Waals surface area contributed by atoms with E-state index in [2.05, 4.69) is 5.32 Å². The van der Waals surface area contributed by atoms with Crippen LogP contribution in [0.15, 0.2) is 30.3 Å². The summed E-state index contributed by atoms with van der Waals surface area (Å²) in [6.45, 7) is 2.13. The molecule has 0 fully saturated rings. The van der Waals surface area contributed by atoms with Crippen molar-refractivity contribution in [3.05, 3.63) is 67.7 Å². The number of aryl methyl sites for hydroxylation is 2. The number of halogens is 1. The number of nitrogens with one attached hydrogen (secondary N) is 1. The summed E-state index contributed by atoms with van der Waals surface area (Å²) >= 11 is 6.11.